The van der Waals surface area contributed by atoms with Gasteiger partial charge in [0.1, 0.15) is 5.82 Å². The fourth-order valence-corrected chi connectivity index (χ4v) is 3.25. The van der Waals surface area contributed by atoms with Crippen molar-refractivity contribution in [3.63, 3.8) is 0 Å². The van der Waals surface area contributed by atoms with Crippen molar-refractivity contribution in [2.75, 3.05) is 26.2 Å². The number of nitrogens with zero attached hydrogens (tertiary/aromatic N) is 6. The molecule has 0 spiro atoms. The molecular formula is C17H24ClFN6. The molecule has 3 rings (SSSR count). The largest absolute Gasteiger partial charge is 0.296 e. The molecule has 2 heterocycles. The van der Waals surface area contributed by atoms with Crippen molar-refractivity contribution >= 4 is 11.6 Å². The first kappa shape index (κ1) is 18.2. The van der Waals surface area contributed by atoms with E-state index in [9.17, 15) is 4.39 Å². The second-order valence-electron chi connectivity index (χ2n) is 7.47. The number of halogens is 2. The van der Waals surface area contributed by atoms with Crippen molar-refractivity contribution in [2.24, 2.45) is 0 Å². The van der Waals surface area contributed by atoms with Gasteiger partial charge in [-0.05, 0) is 48.9 Å². The van der Waals surface area contributed by atoms with E-state index in [1.165, 1.54) is 12.1 Å². The number of piperazine rings is 1. The summed E-state index contributed by atoms with van der Waals surface area (Å²) in [6.45, 7) is 11.5. The highest BCUT2D eigenvalue weighted by molar-refractivity contribution is 6.31. The summed E-state index contributed by atoms with van der Waals surface area (Å²) >= 11 is 6.13. The highest BCUT2D eigenvalue weighted by Crippen LogP contribution is 2.20. The minimum absolute atomic E-state index is 0.125. The number of rotatable bonds is 4. The average Bonchev–Trinajstić information content (AvgIpc) is 3.00. The SMILES string of the molecule is CC(C)(C)n1nnnc1CN1CCN(Cc2ccc(F)cc2Cl)CC1. The first-order chi connectivity index (χ1) is 11.8. The fraction of sp³-hybridized carbons (Fsp3) is 0.588. The van der Waals surface area contributed by atoms with Gasteiger partial charge in [-0.2, -0.15) is 0 Å². The van der Waals surface area contributed by atoms with Crippen LogP contribution in [0.5, 0.6) is 0 Å². The summed E-state index contributed by atoms with van der Waals surface area (Å²) in [4.78, 5) is 4.69. The molecule has 1 aliphatic rings. The number of tetrazole rings is 1. The van der Waals surface area contributed by atoms with Gasteiger partial charge in [-0.15, -0.1) is 5.10 Å². The molecular weight excluding hydrogens is 343 g/mol. The molecule has 25 heavy (non-hydrogen) atoms. The van der Waals surface area contributed by atoms with Crippen molar-refractivity contribution < 1.29 is 4.39 Å². The Kier molecular flexibility index (Phi) is 5.36. The van der Waals surface area contributed by atoms with E-state index in [0.717, 1.165) is 50.7 Å². The Morgan fingerprint density at radius 1 is 1.08 bits per heavy atom. The maximum atomic E-state index is 13.2. The molecule has 0 saturated carbocycles. The van der Waals surface area contributed by atoms with Crippen LogP contribution in [0.25, 0.3) is 0 Å². The fourth-order valence-electron chi connectivity index (χ4n) is 3.02. The van der Waals surface area contributed by atoms with Crippen LogP contribution < -0.4 is 0 Å². The third-order valence-electron chi connectivity index (χ3n) is 4.41. The first-order valence-electron chi connectivity index (χ1n) is 8.49. The van der Waals surface area contributed by atoms with Gasteiger partial charge < -0.3 is 0 Å². The molecule has 8 heteroatoms. The maximum absolute atomic E-state index is 13.2. The van der Waals surface area contributed by atoms with Crippen LogP contribution in [-0.2, 0) is 18.6 Å². The molecule has 0 bridgehead atoms. The minimum atomic E-state index is -0.296. The van der Waals surface area contributed by atoms with Gasteiger partial charge in [0, 0.05) is 37.7 Å². The highest BCUT2D eigenvalue weighted by Gasteiger charge is 2.23. The van der Waals surface area contributed by atoms with Gasteiger partial charge in [0.2, 0.25) is 0 Å². The van der Waals surface area contributed by atoms with E-state index in [4.69, 9.17) is 11.6 Å². The summed E-state index contributed by atoms with van der Waals surface area (Å²) in [5, 5.41) is 12.6. The third kappa shape index (κ3) is 4.54. The van der Waals surface area contributed by atoms with E-state index in [0.29, 0.717) is 5.02 Å². The number of hydrogen-bond acceptors (Lipinski definition) is 5. The molecule has 136 valence electrons. The summed E-state index contributed by atoms with van der Waals surface area (Å²) in [6, 6.07) is 4.60. The van der Waals surface area contributed by atoms with Crippen LogP contribution in [0.15, 0.2) is 18.2 Å². The van der Waals surface area contributed by atoms with E-state index in [-0.39, 0.29) is 11.4 Å². The van der Waals surface area contributed by atoms with E-state index in [1.54, 1.807) is 6.07 Å². The lowest BCUT2D eigenvalue weighted by molar-refractivity contribution is 0.116. The lowest BCUT2D eigenvalue weighted by Gasteiger charge is -2.34. The zero-order valence-corrected chi connectivity index (χ0v) is 15.7. The summed E-state index contributed by atoms with van der Waals surface area (Å²) < 4.78 is 15.0. The Morgan fingerprint density at radius 2 is 1.72 bits per heavy atom. The molecule has 0 aliphatic carbocycles. The van der Waals surface area contributed by atoms with Crippen LogP contribution in [0, 0.1) is 5.82 Å². The van der Waals surface area contributed by atoms with Crippen molar-refractivity contribution in [3.8, 4) is 0 Å². The quantitative estimate of drug-likeness (QED) is 0.832. The lowest BCUT2D eigenvalue weighted by atomic mass is 10.1. The summed E-state index contributed by atoms with van der Waals surface area (Å²) in [5.41, 5.74) is 0.841. The van der Waals surface area contributed by atoms with Gasteiger partial charge in [-0.25, -0.2) is 9.07 Å². The average molecular weight is 367 g/mol. The zero-order valence-electron chi connectivity index (χ0n) is 14.9. The van der Waals surface area contributed by atoms with Crippen LogP contribution in [0.1, 0.15) is 32.2 Å². The Morgan fingerprint density at radius 3 is 2.32 bits per heavy atom. The monoisotopic (exact) mass is 366 g/mol. The topological polar surface area (TPSA) is 50.1 Å². The molecule has 1 aromatic heterocycles. The molecule has 0 radical (unpaired) electrons. The predicted octanol–water partition coefficient (Wildman–Crippen LogP) is 2.54. The Bertz CT molecular complexity index is 718. The predicted molar refractivity (Wildman–Crippen MR) is 94.8 cm³/mol. The smallest absolute Gasteiger partial charge is 0.165 e. The standard InChI is InChI=1S/C17H24ClFN6/c1-17(2,3)25-16(20-21-22-25)12-24-8-6-23(7-9-24)11-13-4-5-14(19)10-15(13)18/h4-5,10H,6-9,11-12H2,1-3H3. The van der Waals surface area contributed by atoms with Gasteiger partial charge in [0.15, 0.2) is 5.82 Å². The molecule has 1 saturated heterocycles. The van der Waals surface area contributed by atoms with Gasteiger partial charge in [-0.1, -0.05) is 17.7 Å². The molecule has 0 N–H and O–H groups in total. The second kappa shape index (κ2) is 7.35. The maximum Gasteiger partial charge on any atom is 0.165 e. The summed E-state index contributed by atoms with van der Waals surface area (Å²) in [7, 11) is 0. The molecule has 2 aromatic rings. The van der Waals surface area contributed by atoms with Crippen LogP contribution >= 0.6 is 11.6 Å². The zero-order chi connectivity index (χ0) is 18.0. The number of benzene rings is 1. The molecule has 0 amide bonds. The Hall–Kier alpha value is -1.57. The summed E-state index contributed by atoms with van der Waals surface area (Å²) in [5.74, 6) is 0.595. The van der Waals surface area contributed by atoms with E-state index in [1.807, 2.05) is 4.68 Å². The molecule has 1 fully saturated rings. The van der Waals surface area contributed by atoms with Crippen molar-refractivity contribution in [2.45, 2.75) is 39.4 Å². The van der Waals surface area contributed by atoms with Gasteiger partial charge in [0.05, 0.1) is 12.1 Å². The summed E-state index contributed by atoms with van der Waals surface area (Å²) in [6.07, 6.45) is 0. The first-order valence-corrected chi connectivity index (χ1v) is 8.87. The van der Waals surface area contributed by atoms with E-state index < -0.39 is 0 Å². The van der Waals surface area contributed by atoms with Crippen molar-refractivity contribution in [1.29, 1.82) is 0 Å². The van der Waals surface area contributed by atoms with Gasteiger partial charge in [-0.3, -0.25) is 9.80 Å². The number of aromatic nitrogens is 4. The van der Waals surface area contributed by atoms with Crippen LogP contribution in [0.4, 0.5) is 4.39 Å². The molecule has 6 nitrogen and oxygen atoms in total. The van der Waals surface area contributed by atoms with Crippen LogP contribution in [0.2, 0.25) is 5.02 Å². The van der Waals surface area contributed by atoms with E-state index >= 15 is 0 Å². The van der Waals surface area contributed by atoms with Crippen LogP contribution in [-0.4, -0.2) is 56.2 Å². The van der Waals surface area contributed by atoms with Crippen molar-refractivity contribution in [1.82, 2.24) is 30.0 Å². The van der Waals surface area contributed by atoms with E-state index in [2.05, 4.69) is 46.1 Å². The van der Waals surface area contributed by atoms with Crippen LogP contribution in [0.3, 0.4) is 0 Å². The molecule has 0 atom stereocenters. The highest BCUT2D eigenvalue weighted by atomic mass is 35.5. The Labute approximate surface area is 152 Å². The lowest BCUT2D eigenvalue weighted by Crippen LogP contribution is -2.46. The molecule has 1 aromatic carbocycles. The van der Waals surface area contributed by atoms with Gasteiger partial charge in [0.25, 0.3) is 0 Å². The normalized spacial score (nSPS) is 17.2. The molecule has 0 unspecified atom stereocenters. The Balaban J connectivity index is 1.55. The number of hydrogen-bond donors (Lipinski definition) is 0. The second-order valence-corrected chi connectivity index (χ2v) is 7.87. The van der Waals surface area contributed by atoms with Gasteiger partial charge >= 0.3 is 0 Å². The molecule has 1 aliphatic heterocycles. The van der Waals surface area contributed by atoms with Crippen molar-refractivity contribution in [3.05, 3.63) is 40.4 Å². The third-order valence-corrected chi connectivity index (χ3v) is 4.76. The minimum Gasteiger partial charge on any atom is -0.296 e.